The molecular weight excluding hydrogens is 348 g/mol. The number of hydrogen-bond donors (Lipinski definition) is 1. The molecule has 1 aliphatic heterocycles. The number of ether oxygens (including phenoxy) is 1. The molecule has 1 heterocycles. The van der Waals surface area contributed by atoms with Crippen molar-refractivity contribution in [2.24, 2.45) is 0 Å². The molecule has 3 rings (SSSR count). The Bertz CT molecular complexity index is 685. The third kappa shape index (κ3) is 5.84. The molecule has 0 bridgehead atoms. The maximum atomic E-state index is 12.3. The van der Waals surface area contributed by atoms with Crippen LogP contribution in [0.3, 0.4) is 0 Å². The lowest BCUT2D eigenvalue weighted by Crippen LogP contribution is -2.50. The largest absolute Gasteiger partial charge is 0.379 e. The van der Waals surface area contributed by atoms with Gasteiger partial charge in [0.05, 0.1) is 19.6 Å². The van der Waals surface area contributed by atoms with Gasteiger partial charge in [-0.1, -0.05) is 54.1 Å². The normalized spacial score (nSPS) is 16.2. The Hall–Kier alpha value is -1.88. The Kier molecular flexibility index (Phi) is 7.06. The number of halogens is 1. The van der Waals surface area contributed by atoms with Gasteiger partial charge in [-0.3, -0.25) is 9.69 Å². The Labute approximate surface area is 160 Å². The van der Waals surface area contributed by atoms with Crippen LogP contribution in [0.2, 0.25) is 5.02 Å². The molecule has 2 aromatic carbocycles. The van der Waals surface area contributed by atoms with Crippen molar-refractivity contribution >= 4 is 17.5 Å². The fourth-order valence-corrected chi connectivity index (χ4v) is 3.37. The lowest BCUT2D eigenvalue weighted by atomic mass is 10.0. The van der Waals surface area contributed by atoms with E-state index in [4.69, 9.17) is 16.3 Å². The van der Waals surface area contributed by atoms with E-state index >= 15 is 0 Å². The first kappa shape index (κ1) is 18.9. The van der Waals surface area contributed by atoms with E-state index in [9.17, 15) is 4.79 Å². The van der Waals surface area contributed by atoms with Crippen LogP contribution in [0.25, 0.3) is 0 Å². The summed E-state index contributed by atoms with van der Waals surface area (Å²) in [6, 6.07) is 18.1. The van der Waals surface area contributed by atoms with E-state index in [2.05, 4.69) is 34.5 Å². The van der Waals surface area contributed by atoms with E-state index in [1.54, 1.807) is 0 Å². The van der Waals surface area contributed by atoms with Crippen LogP contribution in [0.1, 0.15) is 11.1 Å². The van der Waals surface area contributed by atoms with Crippen molar-refractivity contribution in [1.82, 2.24) is 10.2 Å². The summed E-state index contributed by atoms with van der Waals surface area (Å²) >= 11 is 5.90. The highest BCUT2D eigenvalue weighted by Crippen LogP contribution is 2.12. The third-order valence-corrected chi connectivity index (χ3v) is 4.94. The molecule has 1 unspecified atom stereocenters. The summed E-state index contributed by atoms with van der Waals surface area (Å²) in [4.78, 5) is 14.8. The average molecular weight is 373 g/mol. The number of hydrogen-bond acceptors (Lipinski definition) is 3. The van der Waals surface area contributed by atoms with Crippen LogP contribution in [0.5, 0.6) is 0 Å². The summed E-state index contributed by atoms with van der Waals surface area (Å²) in [7, 11) is 0. The maximum absolute atomic E-state index is 12.3. The van der Waals surface area contributed by atoms with Crippen LogP contribution in [-0.2, 0) is 22.4 Å². The standard InChI is InChI=1S/C21H25ClN2O2/c22-19-8-6-18(7-9-19)15-21(25)23-16-20(24-10-12-26-13-11-24)14-17-4-2-1-3-5-17/h1-9,20H,10-16H2,(H,23,25). The molecule has 1 atom stereocenters. The molecule has 2 aromatic rings. The molecule has 0 spiro atoms. The number of nitrogens with zero attached hydrogens (tertiary/aromatic N) is 1. The lowest BCUT2D eigenvalue weighted by Gasteiger charge is -2.34. The van der Waals surface area contributed by atoms with Crippen molar-refractivity contribution < 1.29 is 9.53 Å². The number of morpholine rings is 1. The zero-order valence-electron chi connectivity index (χ0n) is 14.9. The van der Waals surface area contributed by atoms with E-state index in [0.29, 0.717) is 18.0 Å². The van der Waals surface area contributed by atoms with Crippen LogP contribution in [0, 0.1) is 0 Å². The van der Waals surface area contributed by atoms with E-state index in [-0.39, 0.29) is 11.9 Å². The minimum atomic E-state index is 0.0404. The predicted octanol–water partition coefficient (Wildman–Crippen LogP) is 2.94. The number of amides is 1. The molecule has 4 nitrogen and oxygen atoms in total. The molecule has 138 valence electrons. The van der Waals surface area contributed by atoms with Gasteiger partial charge in [0.15, 0.2) is 0 Å². The number of carbonyl (C=O) groups is 1. The second-order valence-corrected chi connectivity index (χ2v) is 7.04. The first-order valence-corrected chi connectivity index (χ1v) is 9.45. The Morgan fingerprint density at radius 2 is 1.73 bits per heavy atom. The topological polar surface area (TPSA) is 41.6 Å². The van der Waals surface area contributed by atoms with Gasteiger partial charge >= 0.3 is 0 Å². The molecule has 1 N–H and O–H groups in total. The molecular formula is C21H25ClN2O2. The van der Waals surface area contributed by atoms with Crippen LogP contribution in [0.15, 0.2) is 54.6 Å². The highest BCUT2D eigenvalue weighted by Gasteiger charge is 2.22. The molecule has 0 saturated carbocycles. The zero-order chi connectivity index (χ0) is 18.2. The molecule has 1 aliphatic rings. The highest BCUT2D eigenvalue weighted by atomic mass is 35.5. The molecule has 1 amide bonds. The zero-order valence-corrected chi connectivity index (χ0v) is 15.6. The summed E-state index contributed by atoms with van der Waals surface area (Å²) in [5.74, 6) is 0.0404. The summed E-state index contributed by atoms with van der Waals surface area (Å²) in [5, 5.41) is 3.79. The van der Waals surface area contributed by atoms with Crippen LogP contribution < -0.4 is 5.32 Å². The monoisotopic (exact) mass is 372 g/mol. The van der Waals surface area contributed by atoms with Gasteiger partial charge < -0.3 is 10.1 Å². The lowest BCUT2D eigenvalue weighted by molar-refractivity contribution is -0.120. The SMILES string of the molecule is O=C(Cc1ccc(Cl)cc1)NCC(Cc1ccccc1)N1CCOCC1. The van der Waals surface area contributed by atoms with E-state index < -0.39 is 0 Å². The fourth-order valence-electron chi connectivity index (χ4n) is 3.24. The van der Waals surface area contributed by atoms with Gasteiger partial charge in [-0.15, -0.1) is 0 Å². The van der Waals surface area contributed by atoms with Crippen molar-refractivity contribution in [2.45, 2.75) is 18.9 Å². The van der Waals surface area contributed by atoms with Gasteiger partial charge in [0.1, 0.15) is 0 Å². The highest BCUT2D eigenvalue weighted by molar-refractivity contribution is 6.30. The molecule has 26 heavy (non-hydrogen) atoms. The molecule has 0 aliphatic carbocycles. The first-order valence-electron chi connectivity index (χ1n) is 9.07. The van der Waals surface area contributed by atoms with Gasteiger partial charge in [-0.2, -0.15) is 0 Å². The van der Waals surface area contributed by atoms with Crippen molar-refractivity contribution in [3.05, 3.63) is 70.7 Å². The molecule has 0 aromatic heterocycles. The summed E-state index contributed by atoms with van der Waals surface area (Å²) in [6.45, 7) is 3.96. The number of nitrogens with one attached hydrogen (secondary N) is 1. The Balaban J connectivity index is 1.57. The molecule has 1 saturated heterocycles. The number of carbonyl (C=O) groups excluding carboxylic acids is 1. The summed E-state index contributed by atoms with van der Waals surface area (Å²) in [5.41, 5.74) is 2.26. The predicted molar refractivity (Wildman–Crippen MR) is 104 cm³/mol. The second-order valence-electron chi connectivity index (χ2n) is 6.60. The van der Waals surface area contributed by atoms with Crippen molar-refractivity contribution in [3.8, 4) is 0 Å². The summed E-state index contributed by atoms with van der Waals surface area (Å²) in [6.07, 6.45) is 1.29. The van der Waals surface area contributed by atoms with Gasteiger partial charge in [-0.25, -0.2) is 0 Å². The summed E-state index contributed by atoms with van der Waals surface area (Å²) < 4.78 is 5.47. The Morgan fingerprint density at radius 1 is 1.04 bits per heavy atom. The van der Waals surface area contributed by atoms with Crippen LogP contribution in [0.4, 0.5) is 0 Å². The molecule has 5 heteroatoms. The second kappa shape index (κ2) is 9.72. The van der Waals surface area contributed by atoms with E-state index in [0.717, 1.165) is 38.3 Å². The number of rotatable bonds is 7. The fraction of sp³-hybridized carbons (Fsp3) is 0.381. The van der Waals surface area contributed by atoms with E-state index in [1.807, 2.05) is 30.3 Å². The van der Waals surface area contributed by atoms with Crippen molar-refractivity contribution in [2.75, 3.05) is 32.8 Å². The average Bonchev–Trinajstić information content (AvgIpc) is 2.68. The number of benzene rings is 2. The van der Waals surface area contributed by atoms with Gasteiger partial charge in [0, 0.05) is 30.7 Å². The van der Waals surface area contributed by atoms with Crippen molar-refractivity contribution in [3.63, 3.8) is 0 Å². The van der Waals surface area contributed by atoms with E-state index in [1.165, 1.54) is 5.56 Å². The molecule has 0 radical (unpaired) electrons. The first-order chi connectivity index (χ1) is 12.7. The van der Waals surface area contributed by atoms with Crippen LogP contribution in [-0.4, -0.2) is 49.7 Å². The molecule has 1 fully saturated rings. The quantitative estimate of drug-likeness (QED) is 0.812. The van der Waals surface area contributed by atoms with Crippen molar-refractivity contribution in [1.29, 1.82) is 0 Å². The van der Waals surface area contributed by atoms with Gasteiger partial charge in [0.25, 0.3) is 0 Å². The minimum Gasteiger partial charge on any atom is -0.379 e. The van der Waals surface area contributed by atoms with Crippen LogP contribution >= 0.6 is 11.6 Å². The maximum Gasteiger partial charge on any atom is 0.224 e. The third-order valence-electron chi connectivity index (χ3n) is 4.69. The smallest absolute Gasteiger partial charge is 0.224 e. The van der Waals surface area contributed by atoms with Gasteiger partial charge in [0.2, 0.25) is 5.91 Å². The van der Waals surface area contributed by atoms with Gasteiger partial charge in [-0.05, 0) is 29.7 Å². The Morgan fingerprint density at radius 3 is 2.42 bits per heavy atom. The minimum absolute atomic E-state index is 0.0404.